The van der Waals surface area contributed by atoms with Crippen molar-refractivity contribution >= 4 is 34.0 Å². The van der Waals surface area contributed by atoms with Crippen molar-refractivity contribution in [3.63, 3.8) is 0 Å². The van der Waals surface area contributed by atoms with E-state index in [4.69, 9.17) is 5.73 Å². The summed E-state index contributed by atoms with van der Waals surface area (Å²) in [6, 6.07) is 2.62. The molecule has 1 saturated carbocycles. The zero-order valence-electron chi connectivity index (χ0n) is 10.2. The third-order valence-electron chi connectivity index (χ3n) is 3.55. The van der Waals surface area contributed by atoms with Crippen LogP contribution < -0.4 is 5.73 Å². The fourth-order valence-corrected chi connectivity index (χ4v) is 3.03. The summed E-state index contributed by atoms with van der Waals surface area (Å²) in [4.78, 5) is 10.3. The lowest BCUT2D eigenvalue weighted by atomic mass is 9.91. The first kappa shape index (κ1) is 16.2. The summed E-state index contributed by atoms with van der Waals surface area (Å²) in [6.07, 6.45) is 4.30. The minimum Gasteiger partial charge on any atom is -0.502 e. The van der Waals surface area contributed by atoms with E-state index < -0.39 is 4.92 Å². The molecule has 19 heavy (non-hydrogen) atoms. The summed E-state index contributed by atoms with van der Waals surface area (Å²) < 4.78 is 0.565. The van der Waals surface area contributed by atoms with E-state index in [0.29, 0.717) is 16.0 Å². The smallest absolute Gasteiger partial charge is 0.312 e. The fourth-order valence-electron chi connectivity index (χ4n) is 2.57. The molecule has 0 aromatic heterocycles. The van der Waals surface area contributed by atoms with E-state index >= 15 is 0 Å². The molecule has 0 unspecified atom stereocenters. The molecular formula is C12H16BrClN2O3. The van der Waals surface area contributed by atoms with Crippen LogP contribution in [0, 0.1) is 16.0 Å². The zero-order valence-corrected chi connectivity index (χ0v) is 12.6. The summed E-state index contributed by atoms with van der Waals surface area (Å²) in [5.74, 6) is -0.00703. The number of aromatic hydroxyl groups is 1. The highest BCUT2D eigenvalue weighted by atomic mass is 79.9. The second-order valence-corrected chi connectivity index (χ2v) is 5.61. The van der Waals surface area contributed by atoms with E-state index in [9.17, 15) is 15.2 Å². The number of phenols is 1. The van der Waals surface area contributed by atoms with Gasteiger partial charge in [0.25, 0.3) is 0 Å². The van der Waals surface area contributed by atoms with Crippen LogP contribution in [0.25, 0.3) is 0 Å². The van der Waals surface area contributed by atoms with Crippen molar-refractivity contribution in [2.24, 2.45) is 11.7 Å². The Kier molecular flexibility index (Phi) is 5.58. The molecule has 0 spiro atoms. The Bertz CT molecular complexity index is 478. The highest BCUT2D eigenvalue weighted by Crippen LogP contribution is 2.41. The number of rotatable bonds is 3. The molecule has 0 heterocycles. The van der Waals surface area contributed by atoms with Crippen LogP contribution in [0.5, 0.6) is 5.75 Å². The van der Waals surface area contributed by atoms with Crippen LogP contribution in [0.3, 0.4) is 0 Å². The van der Waals surface area contributed by atoms with Crippen LogP contribution in [-0.2, 0) is 0 Å². The van der Waals surface area contributed by atoms with Crippen molar-refractivity contribution < 1.29 is 10.0 Å². The lowest BCUT2D eigenvalue weighted by Crippen LogP contribution is -2.19. The van der Waals surface area contributed by atoms with Crippen molar-refractivity contribution in [1.82, 2.24) is 0 Å². The number of nitrogens with two attached hydrogens (primary N) is 1. The topological polar surface area (TPSA) is 89.4 Å². The normalized spacial score (nSPS) is 16.9. The summed E-state index contributed by atoms with van der Waals surface area (Å²) in [6.45, 7) is 0. The first-order valence-corrected chi connectivity index (χ1v) is 6.72. The van der Waals surface area contributed by atoms with Crippen LogP contribution in [0.15, 0.2) is 16.6 Å². The van der Waals surface area contributed by atoms with E-state index in [0.717, 1.165) is 25.7 Å². The fraction of sp³-hybridized carbons (Fsp3) is 0.500. The first-order valence-electron chi connectivity index (χ1n) is 5.93. The molecule has 0 amide bonds. The molecule has 106 valence electrons. The molecule has 0 saturated heterocycles. The molecule has 1 aromatic rings. The van der Waals surface area contributed by atoms with Crippen molar-refractivity contribution in [3.8, 4) is 5.75 Å². The molecule has 0 radical (unpaired) electrons. The Morgan fingerprint density at radius 1 is 1.42 bits per heavy atom. The quantitative estimate of drug-likeness (QED) is 0.642. The molecule has 1 aromatic carbocycles. The Morgan fingerprint density at radius 2 is 2.00 bits per heavy atom. The Labute approximate surface area is 125 Å². The standard InChI is InChI=1S/C12H15BrN2O3.ClH/c13-8-5-9(11(14)7-3-1-2-4-7)12(16)10(6-8)15(17)18;/h5-7,11,16H,1-4,14H2;1H/t11-;/m0./s1. The molecule has 1 aliphatic rings. The van der Waals surface area contributed by atoms with Crippen LogP contribution in [0.1, 0.15) is 37.3 Å². The van der Waals surface area contributed by atoms with Gasteiger partial charge in [0, 0.05) is 22.1 Å². The first-order chi connectivity index (χ1) is 8.50. The van der Waals surface area contributed by atoms with Gasteiger partial charge in [0.1, 0.15) is 0 Å². The van der Waals surface area contributed by atoms with Gasteiger partial charge in [-0.3, -0.25) is 10.1 Å². The Morgan fingerprint density at radius 3 is 2.53 bits per heavy atom. The molecule has 1 aliphatic carbocycles. The predicted molar refractivity (Wildman–Crippen MR) is 78.6 cm³/mol. The molecule has 0 bridgehead atoms. The maximum atomic E-state index is 10.9. The van der Waals surface area contributed by atoms with Gasteiger partial charge in [-0.25, -0.2) is 0 Å². The number of phenolic OH excluding ortho intramolecular Hbond substituents is 1. The van der Waals surface area contributed by atoms with Gasteiger partial charge in [0.15, 0.2) is 5.75 Å². The maximum Gasteiger partial charge on any atom is 0.312 e. The largest absolute Gasteiger partial charge is 0.502 e. The monoisotopic (exact) mass is 350 g/mol. The minimum atomic E-state index is -0.592. The highest BCUT2D eigenvalue weighted by Gasteiger charge is 2.28. The predicted octanol–water partition coefficient (Wildman–Crippen LogP) is 3.67. The summed E-state index contributed by atoms with van der Waals surface area (Å²) in [7, 11) is 0. The van der Waals surface area contributed by atoms with Crippen molar-refractivity contribution in [2.45, 2.75) is 31.7 Å². The van der Waals surface area contributed by atoms with Gasteiger partial charge in [-0.15, -0.1) is 12.4 Å². The lowest BCUT2D eigenvalue weighted by Gasteiger charge is -2.20. The number of hydrogen-bond acceptors (Lipinski definition) is 4. The number of nitro groups is 1. The van der Waals surface area contributed by atoms with Gasteiger partial charge >= 0.3 is 5.69 Å². The minimum absolute atomic E-state index is 0. The second-order valence-electron chi connectivity index (χ2n) is 4.69. The van der Waals surface area contributed by atoms with Crippen molar-refractivity contribution in [2.75, 3.05) is 0 Å². The zero-order chi connectivity index (χ0) is 13.3. The molecule has 0 aliphatic heterocycles. The number of benzene rings is 1. The lowest BCUT2D eigenvalue weighted by molar-refractivity contribution is -0.386. The average molecular weight is 352 g/mol. The Balaban J connectivity index is 0.00000180. The second kappa shape index (κ2) is 6.54. The van der Waals surface area contributed by atoms with Crippen LogP contribution in [0.2, 0.25) is 0 Å². The molecule has 3 N–H and O–H groups in total. The van der Waals surface area contributed by atoms with E-state index in [1.807, 2.05) is 0 Å². The average Bonchev–Trinajstić information content (AvgIpc) is 2.84. The van der Waals surface area contributed by atoms with Gasteiger partial charge in [0.05, 0.1) is 4.92 Å². The summed E-state index contributed by atoms with van der Waals surface area (Å²) in [5, 5.41) is 20.8. The number of nitro benzene ring substituents is 1. The summed E-state index contributed by atoms with van der Waals surface area (Å²) in [5.41, 5.74) is 6.30. The van der Waals surface area contributed by atoms with Crippen molar-refractivity contribution in [1.29, 1.82) is 0 Å². The number of nitrogens with zero attached hydrogens (tertiary/aromatic N) is 1. The molecule has 1 atom stereocenters. The van der Waals surface area contributed by atoms with E-state index in [2.05, 4.69) is 15.9 Å². The van der Waals surface area contributed by atoms with E-state index in [1.165, 1.54) is 6.07 Å². The number of halogens is 2. The van der Waals surface area contributed by atoms with Crippen molar-refractivity contribution in [3.05, 3.63) is 32.3 Å². The van der Waals surface area contributed by atoms with Gasteiger partial charge in [-0.2, -0.15) is 0 Å². The molecule has 1 fully saturated rings. The Hall–Kier alpha value is -0.850. The van der Waals surface area contributed by atoms with E-state index in [1.54, 1.807) is 6.07 Å². The highest BCUT2D eigenvalue weighted by molar-refractivity contribution is 9.10. The van der Waals surface area contributed by atoms with Gasteiger partial charge in [-0.1, -0.05) is 28.8 Å². The van der Waals surface area contributed by atoms with E-state index in [-0.39, 0.29) is 29.9 Å². The van der Waals surface area contributed by atoms with Gasteiger partial charge in [0.2, 0.25) is 0 Å². The van der Waals surface area contributed by atoms with Crippen LogP contribution >= 0.6 is 28.3 Å². The van der Waals surface area contributed by atoms with Crippen LogP contribution in [-0.4, -0.2) is 10.0 Å². The third kappa shape index (κ3) is 3.38. The molecule has 7 heteroatoms. The molecular weight excluding hydrogens is 336 g/mol. The number of hydrogen-bond donors (Lipinski definition) is 2. The van der Waals surface area contributed by atoms with Gasteiger partial charge < -0.3 is 10.8 Å². The summed E-state index contributed by atoms with van der Waals surface area (Å²) >= 11 is 3.22. The van der Waals surface area contributed by atoms with Gasteiger partial charge in [-0.05, 0) is 24.8 Å². The van der Waals surface area contributed by atoms with Crippen LogP contribution in [0.4, 0.5) is 5.69 Å². The maximum absolute atomic E-state index is 10.9. The third-order valence-corrected chi connectivity index (χ3v) is 4.01. The SMILES string of the molecule is Cl.N[C@H](c1cc(Br)cc([N+](=O)[O-])c1O)C1CCCC1. The molecule has 5 nitrogen and oxygen atoms in total. The molecule has 2 rings (SSSR count).